The largest absolute Gasteiger partial charge is 0.477 e. The fraction of sp³-hybridized carbons (Fsp3) is 0.238. The lowest BCUT2D eigenvalue weighted by Gasteiger charge is -2.39. The fourth-order valence-electron chi connectivity index (χ4n) is 3.85. The second-order valence-corrected chi connectivity index (χ2v) is 8.71. The molecule has 0 bridgehead atoms. The monoisotopic (exact) mass is 465 g/mol. The van der Waals surface area contributed by atoms with Crippen molar-refractivity contribution in [1.82, 2.24) is 23.9 Å². The molecule has 5 heterocycles. The van der Waals surface area contributed by atoms with Gasteiger partial charge in [-0.15, -0.1) is 0 Å². The maximum Gasteiger partial charge on any atom is 0.341 e. The molecule has 1 fully saturated rings. The number of carboxylic acid groups (broad SMARTS) is 1. The zero-order valence-corrected chi connectivity index (χ0v) is 18.5. The first-order valence-electron chi connectivity index (χ1n) is 10.1. The molecule has 1 amide bonds. The number of H-pyrrole nitrogens is 1. The molecule has 0 radical (unpaired) electrons. The molecule has 0 spiro atoms. The van der Waals surface area contributed by atoms with Crippen LogP contribution in [-0.2, 0) is 4.79 Å². The molecule has 168 valence electrons. The summed E-state index contributed by atoms with van der Waals surface area (Å²) in [5.74, 6) is -0.349. The number of carbonyl (C=O) groups excluding carboxylic acids is 1. The summed E-state index contributed by atoms with van der Waals surface area (Å²) in [5.41, 5.74) is 0.957. The quantitative estimate of drug-likeness (QED) is 0.405. The van der Waals surface area contributed by atoms with E-state index in [0.29, 0.717) is 41.1 Å². The van der Waals surface area contributed by atoms with Gasteiger partial charge in [-0.2, -0.15) is 4.37 Å². The van der Waals surface area contributed by atoms with Crippen LogP contribution in [0.1, 0.15) is 21.5 Å². The summed E-state index contributed by atoms with van der Waals surface area (Å²) in [6.07, 6.45) is 4.40. The smallest absolute Gasteiger partial charge is 0.341 e. The number of aromatic carboxylic acids is 1. The van der Waals surface area contributed by atoms with Crippen molar-refractivity contribution in [2.24, 2.45) is 5.92 Å². The van der Waals surface area contributed by atoms with Gasteiger partial charge in [0.1, 0.15) is 23.5 Å². The molecule has 12 heteroatoms. The Labute approximate surface area is 190 Å². The maximum atomic E-state index is 12.9. The first-order chi connectivity index (χ1) is 15.8. The van der Waals surface area contributed by atoms with Gasteiger partial charge in [-0.05, 0) is 37.1 Å². The van der Waals surface area contributed by atoms with E-state index in [1.54, 1.807) is 13.0 Å². The first-order valence-corrected chi connectivity index (χ1v) is 10.9. The number of nitrogens with zero attached hydrogens (tertiary/aromatic N) is 5. The van der Waals surface area contributed by atoms with Crippen molar-refractivity contribution in [3.63, 3.8) is 0 Å². The number of anilines is 2. The van der Waals surface area contributed by atoms with Crippen LogP contribution in [0.3, 0.4) is 0 Å². The van der Waals surface area contributed by atoms with E-state index in [0.717, 1.165) is 17.1 Å². The summed E-state index contributed by atoms with van der Waals surface area (Å²) in [4.78, 5) is 50.8. The lowest BCUT2D eigenvalue weighted by molar-refractivity contribution is -0.120. The predicted molar refractivity (Wildman–Crippen MR) is 122 cm³/mol. The summed E-state index contributed by atoms with van der Waals surface area (Å²) >= 11 is 1.06. The van der Waals surface area contributed by atoms with Crippen LogP contribution >= 0.6 is 11.5 Å². The van der Waals surface area contributed by atoms with Gasteiger partial charge in [0.25, 0.3) is 0 Å². The molecule has 0 aliphatic carbocycles. The molecule has 4 aromatic rings. The molecule has 1 aliphatic rings. The Morgan fingerprint density at radius 1 is 1.27 bits per heavy atom. The Morgan fingerprint density at radius 2 is 2.06 bits per heavy atom. The molecule has 0 aromatic carbocycles. The molecule has 11 nitrogen and oxygen atoms in total. The van der Waals surface area contributed by atoms with Gasteiger partial charge in [0, 0.05) is 37.0 Å². The minimum atomic E-state index is -1.32. The highest BCUT2D eigenvalue weighted by Gasteiger charge is 2.34. The Balaban J connectivity index is 1.48. The van der Waals surface area contributed by atoms with Gasteiger partial charge in [0.15, 0.2) is 5.65 Å². The number of rotatable bonds is 5. The molecule has 5 rings (SSSR count). The third-order valence-corrected chi connectivity index (χ3v) is 6.25. The number of amides is 1. The van der Waals surface area contributed by atoms with Crippen molar-refractivity contribution in [1.29, 1.82) is 0 Å². The fourth-order valence-corrected chi connectivity index (χ4v) is 4.36. The molecule has 0 unspecified atom stereocenters. The van der Waals surface area contributed by atoms with E-state index >= 15 is 0 Å². The second-order valence-electron chi connectivity index (χ2n) is 7.95. The van der Waals surface area contributed by atoms with Gasteiger partial charge < -0.3 is 20.3 Å². The highest BCUT2D eigenvalue weighted by molar-refractivity contribution is 7.08. The Bertz CT molecular complexity index is 1450. The standard InChI is InChI=1S/C21H19N7O4S/c1-10-3-14(22-5-10)25-19(30)12-6-27(7-12)15-4-11(2)16-17(29)13(20(31)32)8-28(18(16)26-15)21-23-9-24-33-21/h3-5,8-9,12,22H,6-7H2,1-2H3,(H,25,30)(H,31,32). The third kappa shape index (κ3) is 3.63. The van der Waals surface area contributed by atoms with Crippen molar-refractivity contribution in [3.8, 4) is 5.13 Å². The third-order valence-electron chi connectivity index (χ3n) is 5.59. The number of aromatic amines is 1. The van der Waals surface area contributed by atoms with E-state index in [1.165, 1.54) is 17.1 Å². The second kappa shape index (κ2) is 7.81. The van der Waals surface area contributed by atoms with Crippen molar-refractivity contribution in [2.75, 3.05) is 23.3 Å². The molecule has 1 saturated heterocycles. The molecular formula is C21H19N7O4S. The Kier molecular flexibility index (Phi) is 4.93. The first kappa shape index (κ1) is 20.8. The van der Waals surface area contributed by atoms with Gasteiger partial charge >= 0.3 is 5.97 Å². The number of aromatic nitrogens is 5. The van der Waals surface area contributed by atoms with E-state index in [-0.39, 0.29) is 22.8 Å². The van der Waals surface area contributed by atoms with Crippen LogP contribution in [0.15, 0.2) is 35.6 Å². The summed E-state index contributed by atoms with van der Waals surface area (Å²) in [6, 6.07) is 3.60. The average Bonchev–Trinajstić information content (AvgIpc) is 3.38. The number of fused-ring (bicyclic) bond motifs is 1. The average molecular weight is 465 g/mol. The number of hydrogen-bond acceptors (Lipinski definition) is 8. The number of carboxylic acids is 1. The van der Waals surface area contributed by atoms with Crippen LogP contribution in [0.4, 0.5) is 11.6 Å². The van der Waals surface area contributed by atoms with E-state index in [9.17, 15) is 19.5 Å². The Morgan fingerprint density at radius 3 is 2.70 bits per heavy atom. The molecule has 33 heavy (non-hydrogen) atoms. The zero-order chi connectivity index (χ0) is 23.3. The van der Waals surface area contributed by atoms with Gasteiger partial charge in [0.05, 0.1) is 11.3 Å². The molecule has 0 saturated carbocycles. The summed E-state index contributed by atoms with van der Waals surface area (Å²) in [7, 11) is 0. The van der Waals surface area contributed by atoms with Crippen molar-refractivity contribution >= 4 is 46.1 Å². The Hall–Kier alpha value is -4.06. The van der Waals surface area contributed by atoms with Gasteiger partial charge in [-0.3, -0.25) is 14.2 Å². The molecule has 1 aliphatic heterocycles. The van der Waals surface area contributed by atoms with Crippen LogP contribution in [0.25, 0.3) is 16.2 Å². The summed E-state index contributed by atoms with van der Waals surface area (Å²) in [5, 5.41) is 13.0. The van der Waals surface area contributed by atoms with Crippen LogP contribution in [-0.4, -0.2) is 54.0 Å². The van der Waals surface area contributed by atoms with E-state index < -0.39 is 11.4 Å². The zero-order valence-electron chi connectivity index (χ0n) is 17.7. The number of pyridine rings is 2. The summed E-state index contributed by atoms with van der Waals surface area (Å²) in [6.45, 7) is 4.62. The molecule has 4 aromatic heterocycles. The van der Waals surface area contributed by atoms with Crippen LogP contribution in [0.2, 0.25) is 0 Å². The van der Waals surface area contributed by atoms with E-state index in [2.05, 4.69) is 24.6 Å². The van der Waals surface area contributed by atoms with Gasteiger partial charge in [-0.25, -0.2) is 14.8 Å². The highest BCUT2D eigenvalue weighted by Crippen LogP contribution is 2.28. The lowest BCUT2D eigenvalue weighted by Crippen LogP contribution is -2.52. The minimum absolute atomic E-state index is 0.0810. The lowest BCUT2D eigenvalue weighted by atomic mass is 9.98. The van der Waals surface area contributed by atoms with Gasteiger partial charge in [0.2, 0.25) is 16.5 Å². The number of hydrogen-bond donors (Lipinski definition) is 3. The van der Waals surface area contributed by atoms with Gasteiger partial charge in [-0.1, -0.05) is 0 Å². The van der Waals surface area contributed by atoms with E-state index in [4.69, 9.17) is 0 Å². The minimum Gasteiger partial charge on any atom is -0.477 e. The topological polar surface area (TPSA) is 146 Å². The van der Waals surface area contributed by atoms with Crippen LogP contribution in [0.5, 0.6) is 0 Å². The number of carbonyl (C=O) groups is 2. The summed E-state index contributed by atoms with van der Waals surface area (Å²) < 4.78 is 5.45. The molecule has 3 N–H and O–H groups in total. The SMILES string of the molecule is Cc1c[nH]c(NC(=O)C2CN(c3cc(C)c4c(=O)c(C(=O)O)cn(-c5ncns5)c4n3)C2)c1. The predicted octanol–water partition coefficient (Wildman–Crippen LogP) is 1.96. The number of nitrogens with one attached hydrogen (secondary N) is 2. The van der Waals surface area contributed by atoms with E-state index in [1.807, 2.05) is 24.1 Å². The van der Waals surface area contributed by atoms with Crippen LogP contribution in [0, 0.1) is 19.8 Å². The van der Waals surface area contributed by atoms with Crippen molar-refractivity contribution < 1.29 is 14.7 Å². The van der Waals surface area contributed by atoms with Crippen molar-refractivity contribution in [2.45, 2.75) is 13.8 Å². The molecular weight excluding hydrogens is 446 g/mol. The normalized spacial score (nSPS) is 13.8. The number of aryl methyl sites for hydroxylation is 2. The maximum absolute atomic E-state index is 12.9. The van der Waals surface area contributed by atoms with Crippen molar-refractivity contribution in [3.05, 3.63) is 57.8 Å². The van der Waals surface area contributed by atoms with Crippen LogP contribution < -0.4 is 15.6 Å². The highest BCUT2D eigenvalue weighted by atomic mass is 32.1. The molecule has 0 atom stereocenters.